The highest BCUT2D eigenvalue weighted by Gasteiger charge is 2.43. The molecule has 1 N–H and O–H groups in total. The second-order valence-corrected chi connectivity index (χ2v) is 9.56. The molecule has 1 aliphatic carbocycles. The molecule has 0 amide bonds. The van der Waals surface area contributed by atoms with Crippen molar-refractivity contribution in [3.63, 3.8) is 0 Å². The van der Waals surface area contributed by atoms with Gasteiger partial charge in [0, 0.05) is 29.7 Å². The molecule has 0 bridgehead atoms. The van der Waals surface area contributed by atoms with E-state index in [0.29, 0.717) is 11.2 Å². The van der Waals surface area contributed by atoms with Crippen LogP contribution in [0, 0.1) is 13.8 Å². The summed E-state index contributed by atoms with van der Waals surface area (Å²) in [6.45, 7) is 4.47. The molecule has 3 aromatic rings. The van der Waals surface area contributed by atoms with Gasteiger partial charge in [-0.1, -0.05) is 18.9 Å². The Morgan fingerprint density at radius 1 is 1.03 bits per heavy atom. The largest absolute Gasteiger partial charge is 0.497 e. The minimum absolute atomic E-state index is 0.0789. The van der Waals surface area contributed by atoms with Crippen molar-refractivity contribution in [2.45, 2.75) is 57.7 Å². The molecule has 34 heavy (non-hydrogen) atoms. The van der Waals surface area contributed by atoms with Crippen LogP contribution >= 0.6 is 12.2 Å². The van der Waals surface area contributed by atoms with Crippen LogP contribution in [0.2, 0.25) is 0 Å². The maximum absolute atomic E-state index is 5.94. The predicted octanol–water partition coefficient (Wildman–Crippen LogP) is 5.81. The van der Waals surface area contributed by atoms with Crippen LogP contribution in [-0.4, -0.2) is 28.9 Å². The summed E-state index contributed by atoms with van der Waals surface area (Å²) in [5.41, 5.74) is 5.71. The zero-order valence-corrected chi connectivity index (χ0v) is 21.1. The summed E-state index contributed by atoms with van der Waals surface area (Å²) >= 11 is 5.94. The SMILES string of the molecule is COc1ccc(OC)c(N2C(=S)NC(c3ccccn3)C2c2cc(C)n(C3CCCC3)c2C)c1. The minimum atomic E-state index is -0.0952. The molecule has 1 aliphatic heterocycles. The van der Waals surface area contributed by atoms with Crippen molar-refractivity contribution in [3.8, 4) is 11.5 Å². The highest BCUT2D eigenvalue weighted by atomic mass is 32.1. The molecule has 178 valence electrons. The van der Waals surface area contributed by atoms with E-state index < -0.39 is 0 Å². The molecule has 3 heterocycles. The summed E-state index contributed by atoms with van der Waals surface area (Å²) < 4.78 is 13.9. The van der Waals surface area contributed by atoms with Crippen LogP contribution in [0.3, 0.4) is 0 Å². The Morgan fingerprint density at radius 3 is 2.50 bits per heavy atom. The third-order valence-electron chi connectivity index (χ3n) is 7.28. The Hall–Kier alpha value is -3.06. The number of methoxy groups -OCH3 is 2. The molecule has 7 heteroatoms. The molecule has 2 fully saturated rings. The van der Waals surface area contributed by atoms with Crippen molar-refractivity contribution < 1.29 is 9.47 Å². The van der Waals surface area contributed by atoms with E-state index in [1.807, 2.05) is 36.5 Å². The van der Waals surface area contributed by atoms with E-state index in [9.17, 15) is 0 Å². The molecule has 1 saturated carbocycles. The van der Waals surface area contributed by atoms with Gasteiger partial charge in [0.2, 0.25) is 0 Å². The number of nitrogens with zero attached hydrogens (tertiary/aromatic N) is 3. The molecule has 1 aromatic carbocycles. The third-order valence-corrected chi connectivity index (χ3v) is 7.59. The van der Waals surface area contributed by atoms with E-state index in [4.69, 9.17) is 26.7 Å². The van der Waals surface area contributed by atoms with Crippen LogP contribution in [0.15, 0.2) is 48.7 Å². The van der Waals surface area contributed by atoms with Crippen LogP contribution in [0.4, 0.5) is 5.69 Å². The number of anilines is 1. The molecule has 0 spiro atoms. The van der Waals surface area contributed by atoms with E-state index in [2.05, 4.69) is 40.8 Å². The highest BCUT2D eigenvalue weighted by Crippen LogP contribution is 2.47. The summed E-state index contributed by atoms with van der Waals surface area (Å²) in [5.74, 6) is 1.51. The van der Waals surface area contributed by atoms with E-state index in [-0.39, 0.29) is 12.1 Å². The second kappa shape index (κ2) is 9.29. The number of nitrogens with one attached hydrogen (secondary N) is 1. The number of hydrogen-bond acceptors (Lipinski definition) is 4. The molecule has 1 saturated heterocycles. The van der Waals surface area contributed by atoms with Crippen LogP contribution in [0.5, 0.6) is 11.5 Å². The van der Waals surface area contributed by atoms with Crippen molar-refractivity contribution in [3.05, 3.63) is 71.3 Å². The third kappa shape index (κ3) is 3.82. The number of ether oxygens (including phenoxy) is 2. The molecule has 2 atom stereocenters. The summed E-state index contributed by atoms with van der Waals surface area (Å²) in [6.07, 6.45) is 6.93. The summed E-state index contributed by atoms with van der Waals surface area (Å²) in [5, 5.41) is 4.22. The van der Waals surface area contributed by atoms with Crippen molar-refractivity contribution >= 4 is 23.0 Å². The second-order valence-electron chi connectivity index (χ2n) is 9.17. The fraction of sp³-hybridized carbons (Fsp3) is 0.407. The minimum Gasteiger partial charge on any atom is -0.497 e. The fourth-order valence-corrected chi connectivity index (χ4v) is 6.08. The van der Waals surface area contributed by atoms with Gasteiger partial charge in [0.05, 0.1) is 37.7 Å². The summed E-state index contributed by atoms with van der Waals surface area (Å²) in [7, 11) is 3.37. The van der Waals surface area contributed by atoms with Gasteiger partial charge in [0.15, 0.2) is 5.11 Å². The van der Waals surface area contributed by atoms with Gasteiger partial charge < -0.3 is 24.3 Å². The highest BCUT2D eigenvalue weighted by molar-refractivity contribution is 7.80. The Labute approximate surface area is 206 Å². The molecule has 2 aliphatic rings. The number of hydrogen-bond donors (Lipinski definition) is 1. The average molecular weight is 477 g/mol. The molecular weight excluding hydrogens is 444 g/mol. The van der Waals surface area contributed by atoms with Crippen LogP contribution in [-0.2, 0) is 0 Å². The molecule has 6 nitrogen and oxygen atoms in total. The average Bonchev–Trinajstić information content (AvgIpc) is 3.57. The maximum Gasteiger partial charge on any atom is 0.174 e. The number of benzene rings is 1. The van der Waals surface area contributed by atoms with E-state index in [1.54, 1.807) is 14.2 Å². The normalized spacial score (nSPS) is 20.6. The van der Waals surface area contributed by atoms with Gasteiger partial charge in [0.25, 0.3) is 0 Å². The quantitative estimate of drug-likeness (QED) is 0.453. The van der Waals surface area contributed by atoms with Gasteiger partial charge in [0.1, 0.15) is 11.5 Å². The van der Waals surface area contributed by atoms with Gasteiger partial charge in [-0.3, -0.25) is 4.98 Å². The van der Waals surface area contributed by atoms with Crippen molar-refractivity contribution in [1.29, 1.82) is 0 Å². The molecule has 2 unspecified atom stereocenters. The van der Waals surface area contributed by atoms with Crippen molar-refractivity contribution in [2.24, 2.45) is 0 Å². The fourth-order valence-electron chi connectivity index (χ4n) is 5.74. The number of rotatable bonds is 6. The van der Waals surface area contributed by atoms with E-state index in [1.165, 1.54) is 42.6 Å². The monoisotopic (exact) mass is 476 g/mol. The van der Waals surface area contributed by atoms with Crippen molar-refractivity contribution in [2.75, 3.05) is 19.1 Å². The first-order chi connectivity index (χ1) is 16.5. The van der Waals surface area contributed by atoms with Gasteiger partial charge >= 0.3 is 0 Å². The topological polar surface area (TPSA) is 51.6 Å². The maximum atomic E-state index is 5.94. The number of pyridine rings is 1. The van der Waals surface area contributed by atoms with Gasteiger partial charge in [-0.15, -0.1) is 0 Å². The lowest BCUT2D eigenvalue weighted by atomic mass is 9.96. The van der Waals surface area contributed by atoms with Gasteiger partial charge in [-0.25, -0.2) is 0 Å². The smallest absolute Gasteiger partial charge is 0.174 e. The molecule has 0 radical (unpaired) electrons. The first kappa shape index (κ1) is 22.7. The van der Waals surface area contributed by atoms with Crippen LogP contribution in [0.1, 0.15) is 66.5 Å². The van der Waals surface area contributed by atoms with E-state index >= 15 is 0 Å². The Balaban J connectivity index is 1.68. The summed E-state index contributed by atoms with van der Waals surface area (Å²) in [4.78, 5) is 6.88. The Kier molecular flexibility index (Phi) is 6.21. The summed E-state index contributed by atoms with van der Waals surface area (Å²) in [6, 6.07) is 14.6. The standard InChI is InChI=1S/C27H32N4O2S/c1-17-15-21(18(2)30(17)19-9-5-6-10-19)26-25(22-11-7-8-14-28-22)29-27(34)31(26)23-16-20(32-3)12-13-24(23)33-4/h7-8,11-16,19,25-26H,5-6,9-10H2,1-4H3,(H,29,34). The number of thiocarbonyl (C=S) groups is 1. The predicted molar refractivity (Wildman–Crippen MR) is 139 cm³/mol. The van der Waals surface area contributed by atoms with Crippen molar-refractivity contribution in [1.82, 2.24) is 14.9 Å². The lowest BCUT2D eigenvalue weighted by molar-refractivity contribution is 0.402. The lowest BCUT2D eigenvalue weighted by Gasteiger charge is -2.29. The first-order valence-corrected chi connectivity index (χ1v) is 12.3. The Morgan fingerprint density at radius 2 is 1.82 bits per heavy atom. The lowest BCUT2D eigenvalue weighted by Crippen LogP contribution is -2.30. The molecule has 2 aromatic heterocycles. The zero-order chi connectivity index (χ0) is 23.8. The number of aromatic nitrogens is 2. The van der Waals surface area contributed by atoms with Crippen LogP contribution < -0.4 is 19.7 Å². The zero-order valence-electron chi connectivity index (χ0n) is 20.2. The van der Waals surface area contributed by atoms with E-state index in [0.717, 1.165) is 22.9 Å². The van der Waals surface area contributed by atoms with Gasteiger partial charge in [-0.05, 0) is 74.8 Å². The first-order valence-electron chi connectivity index (χ1n) is 11.9. The Bertz CT molecular complexity index is 1190. The molecule has 5 rings (SSSR count). The van der Waals surface area contributed by atoms with Crippen LogP contribution in [0.25, 0.3) is 0 Å². The number of aryl methyl sites for hydroxylation is 1. The molecular formula is C27H32N4O2S. The van der Waals surface area contributed by atoms with Gasteiger partial charge in [-0.2, -0.15) is 0 Å².